The molecule has 0 aliphatic carbocycles. The second kappa shape index (κ2) is 4.19. The summed E-state index contributed by atoms with van der Waals surface area (Å²) in [6.07, 6.45) is 0.596. The summed E-state index contributed by atoms with van der Waals surface area (Å²) >= 11 is 1.19. The molecule has 1 aromatic heterocycles. The molecule has 0 radical (unpaired) electrons. The van der Waals surface area contributed by atoms with Crippen LogP contribution in [0.3, 0.4) is 0 Å². The highest BCUT2D eigenvalue weighted by Crippen LogP contribution is 2.23. The van der Waals surface area contributed by atoms with Crippen molar-refractivity contribution in [3.8, 4) is 0 Å². The van der Waals surface area contributed by atoms with Crippen molar-refractivity contribution in [2.75, 3.05) is 5.32 Å². The highest BCUT2D eigenvalue weighted by atomic mass is 32.1. The zero-order chi connectivity index (χ0) is 10.7. The summed E-state index contributed by atoms with van der Waals surface area (Å²) in [7, 11) is 0. The van der Waals surface area contributed by atoms with Crippen LogP contribution in [-0.4, -0.2) is 22.0 Å². The molecule has 1 rings (SSSR count). The first-order valence-electron chi connectivity index (χ1n) is 4.05. The van der Waals surface area contributed by atoms with E-state index in [-0.39, 0.29) is 11.6 Å². The molecule has 0 spiro atoms. The molecule has 1 heterocycles. The van der Waals surface area contributed by atoms with E-state index in [4.69, 9.17) is 5.11 Å². The Morgan fingerprint density at radius 3 is 2.57 bits per heavy atom. The lowest BCUT2D eigenvalue weighted by Gasteiger charge is -1.91. The van der Waals surface area contributed by atoms with E-state index in [0.29, 0.717) is 16.4 Å². The summed E-state index contributed by atoms with van der Waals surface area (Å²) in [6, 6.07) is 0. The van der Waals surface area contributed by atoms with Gasteiger partial charge in [-0.3, -0.25) is 4.79 Å². The van der Waals surface area contributed by atoms with Crippen molar-refractivity contribution in [1.29, 1.82) is 0 Å². The van der Waals surface area contributed by atoms with Gasteiger partial charge in [0.25, 0.3) is 0 Å². The molecule has 5 nitrogen and oxygen atoms in total. The molecular weight excluding hydrogens is 204 g/mol. The predicted octanol–water partition coefficient (Wildman–Crippen LogP) is 1.36. The quantitative estimate of drug-likeness (QED) is 0.796. The Labute approximate surface area is 84.8 Å². The highest BCUT2D eigenvalue weighted by Gasteiger charge is 2.16. The van der Waals surface area contributed by atoms with Crippen LogP contribution < -0.4 is 5.32 Å². The minimum Gasteiger partial charge on any atom is -0.476 e. The summed E-state index contributed by atoms with van der Waals surface area (Å²) in [5, 5.41) is 11.6. The number of anilines is 1. The van der Waals surface area contributed by atoms with Gasteiger partial charge < -0.3 is 10.4 Å². The van der Waals surface area contributed by atoms with Gasteiger partial charge in [-0.25, -0.2) is 9.78 Å². The van der Waals surface area contributed by atoms with E-state index < -0.39 is 5.97 Å². The SMILES string of the molecule is CCc1sc(NC(C)=O)nc1C(=O)O. The van der Waals surface area contributed by atoms with E-state index in [1.807, 2.05) is 6.92 Å². The standard InChI is InChI=1S/C8H10N2O3S/c1-3-5-6(7(12)13)10-8(14-5)9-4(2)11/h3H2,1-2H3,(H,12,13)(H,9,10,11). The van der Waals surface area contributed by atoms with E-state index in [0.717, 1.165) is 0 Å². The third-order valence-corrected chi connectivity index (χ3v) is 2.62. The number of carboxylic acids is 1. The van der Waals surface area contributed by atoms with Gasteiger partial charge >= 0.3 is 5.97 Å². The Morgan fingerprint density at radius 1 is 1.57 bits per heavy atom. The fourth-order valence-corrected chi connectivity index (χ4v) is 1.90. The molecule has 0 aromatic carbocycles. The first-order valence-corrected chi connectivity index (χ1v) is 4.86. The normalized spacial score (nSPS) is 9.86. The minimum absolute atomic E-state index is 0.0289. The van der Waals surface area contributed by atoms with Crippen molar-refractivity contribution < 1.29 is 14.7 Å². The fraction of sp³-hybridized carbons (Fsp3) is 0.375. The Kier molecular flexibility index (Phi) is 3.19. The van der Waals surface area contributed by atoms with Crippen LogP contribution in [0.1, 0.15) is 29.2 Å². The number of nitrogens with zero attached hydrogens (tertiary/aromatic N) is 1. The number of carbonyl (C=O) groups is 2. The first kappa shape index (κ1) is 10.6. The molecule has 0 bridgehead atoms. The van der Waals surface area contributed by atoms with Gasteiger partial charge in [-0.1, -0.05) is 6.92 Å². The van der Waals surface area contributed by atoms with E-state index in [2.05, 4.69) is 10.3 Å². The van der Waals surface area contributed by atoms with Crippen molar-refractivity contribution in [3.63, 3.8) is 0 Å². The number of aromatic carboxylic acids is 1. The van der Waals surface area contributed by atoms with Gasteiger partial charge in [-0.15, -0.1) is 11.3 Å². The monoisotopic (exact) mass is 214 g/mol. The molecular formula is C8H10N2O3S. The molecule has 6 heteroatoms. The third kappa shape index (κ3) is 2.29. The van der Waals surface area contributed by atoms with Gasteiger partial charge in [0.1, 0.15) is 0 Å². The lowest BCUT2D eigenvalue weighted by Crippen LogP contribution is -2.06. The molecule has 0 unspecified atom stereocenters. The molecule has 1 aromatic rings. The van der Waals surface area contributed by atoms with Crippen LogP contribution in [0.4, 0.5) is 5.13 Å². The van der Waals surface area contributed by atoms with E-state index in [9.17, 15) is 9.59 Å². The molecule has 14 heavy (non-hydrogen) atoms. The van der Waals surface area contributed by atoms with Crippen LogP contribution in [0.15, 0.2) is 0 Å². The molecule has 76 valence electrons. The van der Waals surface area contributed by atoms with Gasteiger partial charge in [-0.05, 0) is 6.42 Å². The van der Waals surface area contributed by atoms with Crippen molar-refractivity contribution in [1.82, 2.24) is 4.98 Å². The second-order valence-corrected chi connectivity index (χ2v) is 3.71. The van der Waals surface area contributed by atoms with Gasteiger partial charge in [0.2, 0.25) is 5.91 Å². The van der Waals surface area contributed by atoms with E-state index in [1.54, 1.807) is 0 Å². The maximum atomic E-state index is 10.7. The molecule has 1 amide bonds. The first-order chi connectivity index (χ1) is 6.54. The summed E-state index contributed by atoms with van der Waals surface area (Å²) in [4.78, 5) is 25.9. The summed E-state index contributed by atoms with van der Waals surface area (Å²) in [5.74, 6) is -1.31. The Bertz CT molecular complexity index is 373. The Balaban J connectivity index is 3.00. The van der Waals surface area contributed by atoms with Crippen LogP contribution >= 0.6 is 11.3 Å². The van der Waals surface area contributed by atoms with Gasteiger partial charge in [0.05, 0.1) is 0 Å². The van der Waals surface area contributed by atoms with Crippen LogP contribution in [0, 0.1) is 0 Å². The maximum Gasteiger partial charge on any atom is 0.355 e. The average Bonchev–Trinajstić information content (AvgIpc) is 2.46. The number of amides is 1. The third-order valence-electron chi connectivity index (χ3n) is 1.50. The number of nitrogens with one attached hydrogen (secondary N) is 1. The van der Waals surface area contributed by atoms with Crippen LogP contribution in [-0.2, 0) is 11.2 Å². The number of carboxylic acid groups (broad SMARTS) is 1. The van der Waals surface area contributed by atoms with Crippen LogP contribution in [0.2, 0.25) is 0 Å². The number of aryl methyl sites for hydroxylation is 1. The molecule has 2 N–H and O–H groups in total. The van der Waals surface area contributed by atoms with E-state index >= 15 is 0 Å². The summed E-state index contributed by atoms with van der Waals surface area (Å²) in [6.45, 7) is 3.20. The Morgan fingerprint density at radius 2 is 2.21 bits per heavy atom. The van der Waals surface area contributed by atoms with Gasteiger partial charge in [0.15, 0.2) is 10.8 Å². The number of carbonyl (C=O) groups excluding carboxylic acids is 1. The number of rotatable bonds is 3. The zero-order valence-corrected chi connectivity index (χ0v) is 8.64. The molecule has 0 fully saturated rings. The molecule has 0 aliphatic rings. The largest absolute Gasteiger partial charge is 0.476 e. The topological polar surface area (TPSA) is 79.3 Å². The summed E-state index contributed by atoms with van der Waals surface area (Å²) in [5.41, 5.74) is 0.0289. The van der Waals surface area contributed by atoms with Gasteiger partial charge in [-0.2, -0.15) is 0 Å². The molecule has 0 saturated carbocycles. The van der Waals surface area contributed by atoms with Crippen LogP contribution in [0.25, 0.3) is 0 Å². The second-order valence-electron chi connectivity index (χ2n) is 2.63. The predicted molar refractivity (Wildman–Crippen MR) is 52.8 cm³/mol. The zero-order valence-electron chi connectivity index (χ0n) is 7.83. The minimum atomic E-state index is -1.06. The maximum absolute atomic E-state index is 10.7. The average molecular weight is 214 g/mol. The van der Waals surface area contributed by atoms with Crippen molar-refractivity contribution in [3.05, 3.63) is 10.6 Å². The molecule has 0 atom stereocenters. The molecule has 0 saturated heterocycles. The van der Waals surface area contributed by atoms with Crippen molar-refractivity contribution in [2.24, 2.45) is 0 Å². The smallest absolute Gasteiger partial charge is 0.355 e. The lowest BCUT2D eigenvalue weighted by atomic mass is 10.3. The number of hydrogen-bond donors (Lipinski definition) is 2. The van der Waals surface area contributed by atoms with Crippen molar-refractivity contribution >= 4 is 28.3 Å². The van der Waals surface area contributed by atoms with Gasteiger partial charge in [0, 0.05) is 11.8 Å². The molecule has 0 aliphatic heterocycles. The number of thiazole rings is 1. The highest BCUT2D eigenvalue weighted by molar-refractivity contribution is 7.16. The Hall–Kier alpha value is -1.43. The number of aromatic nitrogens is 1. The summed E-state index contributed by atoms with van der Waals surface area (Å²) < 4.78 is 0. The lowest BCUT2D eigenvalue weighted by molar-refractivity contribution is -0.114. The fourth-order valence-electron chi connectivity index (χ4n) is 0.963. The van der Waals surface area contributed by atoms with Crippen molar-refractivity contribution in [2.45, 2.75) is 20.3 Å². The number of hydrogen-bond acceptors (Lipinski definition) is 4. The van der Waals surface area contributed by atoms with E-state index in [1.165, 1.54) is 18.3 Å². The van der Waals surface area contributed by atoms with Crippen LogP contribution in [0.5, 0.6) is 0 Å².